The number of aryl methyl sites for hydroxylation is 1. The summed E-state index contributed by atoms with van der Waals surface area (Å²) in [6, 6.07) is 10.7. The normalized spacial score (nSPS) is 18.1. The number of fused-ring (bicyclic) bond motifs is 1. The van der Waals surface area contributed by atoms with Gasteiger partial charge in [-0.05, 0) is 31.0 Å². The fourth-order valence-corrected chi connectivity index (χ4v) is 7.72. The van der Waals surface area contributed by atoms with Crippen LogP contribution >= 0.6 is 46.1 Å². The Balaban J connectivity index is 1.75. The molecule has 4 rings (SSSR count). The quantitative estimate of drug-likeness (QED) is 0.440. The summed E-state index contributed by atoms with van der Waals surface area (Å²) in [7, 11) is -3.16. The second-order valence-electron chi connectivity index (χ2n) is 7.48. The summed E-state index contributed by atoms with van der Waals surface area (Å²) >= 11 is 20.2. The first kappa shape index (κ1) is 21.9. The fourth-order valence-electron chi connectivity index (χ4n) is 3.66. The van der Waals surface area contributed by atoms with Crippen LogP contribution in [0.15, 0.2) is 36.4 Å². The van der Waals surface area contributed by atoms with Crippen molar-refractivity contribution >= 4 is 72.0 Å². The molecule has 1 atom stereocenters. The molecule has 1 aliphatic heterocycles. The third kappa shape index (κ3) is 4.34. The third-order valence-corrected chi connectivity index (χ3v) is 9.11. The minimum atomic E-state index is -3.16. The number of thiophene rings is 1. The summed E-state index contributed by atoms with van der Waals surface area (Å²) in [6.07, 6.45) is 0.412. The summed E-state index contributed by atoms with van der Waals surface area (Å²) in [5, 5.41) is 1.70. The molecule has 4 nitrogen and oxygen atoms in total. The molecule has 30 heavy (non-hydrogen) atoms. The Morgan fingerprint density at radius 3 is 2.50 bits per heavy atom. The van der Waals surface area contributed by atoms with E-state index < -0.39 is 15.9 Å². The maximum atomic E-state index is 13.6. The Labute approximate surface area is 194 Å². The minimum absolute atomic E-state index is 0.0420. The zero-order valence-corrected chi connectivity index (χ0v) is 19.9. The lowest BCUT2D eigenvalue weighted by Gasteiger charge is -2.28. The minimum Gasteiger partial charge on any atom is -0.330 e. The van der Waals surface area contributed by atoms with Gasteiger partial charge in [0.25, 0.3) is 5.91 Å². The molecule has 9 heteroatoms. The highest BCUT2D eigenvalue weighted by Crippen LogP contribution is 2.42. The lowest BCUT2D eigenvalue weighted by atomic mass is 10.1. The summed E-state index contributed by atoms with van der Waals surface area (Å²) < 4.78 is 24.9. The van der Waals surface area contributed by atoms with E-state index in [1.165, 1.54) is 11.3 Å². The highest BCUT2D eigenvalue weighted by atomic mass is 35.5. The SMILES string of the molecule is Cc1ccc(CN(C(=O)c2sc3cc(Cl)cc(Cl)c3c2Cl)C2CCS(=O)(=O)C2)cc1. The van der Waals surface area contributed by atoms with Crippen molar-refractivity contribution in [3.05, 3.63) is 67.5 Å². The number of carbonyl (C=O) groups excluding carboxylic acids is 1. The Morgan fingerprint density at radius 1 is 1.17 bits per heavy atom. The van der Waals surface area contributed by atoms with Crippen LogP contribution in [0.4, 0.5) is 0 Å². The van der Waals surface area contributed by atoms with Crippen LogP contribution in [0, 0.1) is 6.92 Å². The van der Waals surface area contributed by atoms with Gasteiger partial charge in [0.2, 0.25) is 0 Å². The van der Waals surface area contributed by atoms with Crippen molar-refractivity contribution in [1.82, 2.24) is 4.90 Å². The van der Waals surface area contributed by atoms with Crippen LogP contribution in [0.2, 0.25) is 15.1 Å². The fraction of sp³-hybridized carbons (Fsp3) is 0.286. The average Bonchev–Trinajstić information content (AvgIpc) is 3.20. The maximum Gasteiger partial charge on any atom is 0.266 e. The Morgan fingerprint density at radius 2 is 1.87 bits per heavy atom. The van der Waals surface area contributed by atoms with E-state index in [-0.39, 0.29) is 22.4 Å². The maximum absolute atomic E-state index is 13.6. The molecule has 1 unspecified atom stereocenters. The highest BCUT2D eigenvalue weighted by molar-refractivity contribution is 7.91. The first-order valence-corrected chi connectivity index (χ1v) is 13.1. The monoisotopic (exact) mass is 501 g/mol. The lowest BCUT2D eigenvalue weighted by Crippen LogP contribution is -2.40. The summed E-state index contributed by atoms with van der Waals surface area (Å²) in [4.78, 5) is 15.5. The van der Waals surface area contributed by atoms with E-state index in [1.807, 2.05) is 31.2 Å². The van der Waals surface area contributed by atoms with Crippen LogP contribution in [0.5, 0.6) is 0 Å². The van der Waals surface area contributed by atoms with Gasteiger partial charge in [-0.15, -0.1) is 11.3 Å². The molecule has 1 aromatic heterocycles. The van der Waals surface area contributed by atoms with Gasteiger partial charge in [0.1, 0.15) is 4.88 Å². The van der Waals surface area contributed by atoms with Crippen molar-refractivity contribution in [2.24, 2.45) is 0 Å². The number of benzene rings is 2. The predicted octanol–water partition coefficient (Wildman–Crippen LogP) is 6.00. The second-order valence-corrected chi connectivity index (χ2v) is 12.0. The van der Waals surface area contributed by atoms with Gasteiger partial charge in [-0.2, -0.15) is 0 Å². The zero-order chi connectivity index (χ0) is 21.6. The predicted molar refractivity (Wildman–Crippen MR) is 125 cm³/mol. The van der Waals surface area contributed by atoms with E-state index in [1.54, 1.807) is 17.0 Å². The molecule has 0 saturated carbocycles. The topological polar surface area (TPSA) is 54.5 Å². The van der Waals surface area contributed by atoms with Crippen LogP contribution in [0.3, 0.4) is 0 Å². The molecule has 0 bridgehead atoms. The van der Waals surface area contributed by atoms with Gasteiger partial charge in [-0.3, -0.25) is 4.79 Å². The molecule has 1 fully saturated rings. The molecule has 1 saturated heterocycles. The molecule has 1 amide bonds. The third-order valence-electron chi connectivity index (χ3n) is 5.23. The number of hydrogen-bond donors (Lipinski definition) is 0. The Hall–Kier alpha value is -1.31. The van der Waals surface area contributed by atoms with Gasteiger partial charge in [0.15, 0.2) is 9.84 Å². The van der Waals surface area contributed by atoms with Crippen molar-refractivity contribution in [2.45, 2.75) is 25.9 Å². The highest BCUT2D eigenvalue weighted by Gasteiger charge is 2.36. The molecule has 0 N–H and O–H groups in total. The van der Waals surface area contributed by atoms with E-state index in [2.05, 4.69) is 0 Å². The van der Waals surface area contributed by atoms with Crippen molar-refractivity contribution in [2.75, 3.05) is 11.5 Å². The van der Waals surface area contributed by atoms with Gasteiger partial charge in [0, 0.05) is 27.7 Å². The lowest BCUT2D eigenvalue weighted by molar-refractivity contribution is 0.0686. The number of sulfone groups is 1. The largest absolute Gasteiger partial charge is 0.330 e. The van der Waals surface area contributed by atoms with Crippen LogP contribution < -0.4 is 0 Å². The first-order chi connectivity index (χ1) is 14.1. The smallest absolute Gasteiger partial charge is 0.266 e. The van der Waals surface area contributed by atoms with E-state index in [4.69, 9.17) is 34.8 Å². The Kier molecular flexibility index (Phi) is 6.08. The van der Waals surface area contributed by atoms with Crippen molar-refractivity contribution < 1.29 is 13.2 Å². The van der Waals surface area contributed by atoms with E-state index in [0.29, 0.717) is 33.3 Å². The van der Waals surface area contributed by atoms with Crippen LogP contribution in [-0.2, 0) is 16.4 Å². The van der Waals surface area contributed by atoms with E-state index in [0.717, 1.165) is 15.8 Å². The Bertz CT molecular complexity index is 1240. The zero-order valence-electron chi connectivity index (χ0n) is 16.0. The summed E-state index contributed by atoms with van der Waals surface area (Å²) in [5.74, 6) is -0.257. The molecule has 2 heterocycles. The number of halogens is 3. The van der Waals surface area contributed by atoms with Crippen molar-refractivity contribution in [1.29, 1.82) is 0 Å². The van der Waals surface area contributed by atoms with Gasteiger partial charge < -0.3 is 4.90 Å². The summed E-state index contributed by atoms with van der Waals surface area (Å²) in [5.41, 5.74) is 2.04. The van der Waals surface area contributed by atoms with Gasteiger partial charge in [-0.25, -0.2) is 8.42 Å². The van der Waals surface area contributed by atoms with Crippen LogP contribution in [-0.4, -0.2) is 36.8 Å². The second kappa shape index (κ2) is 8.32. The molecule has 2 aromatic carbocycles. The standard InChI is InChI=1S/C21H18Cl3NO3S2/c1-12-2-4-13(5-3-12)10-25(15-6-7-30(27,28)11-15)21(26)20-19(24)18-16(23)8-14(22)9-17(18)29-20/h2-5,8-9,15H,6-7,10-11H2,1H3. The van der Waals surface area contributed by atoms with Crippen LogP contribution in [0.25, 0.3) is 10.1 Å². The number of amides is 1. The number of rotatable bonds is 4. The summed E-state index contributed by atoms with van der Waals surface area (Å²) in [6.45, 7) is 2.29. The van der Waals surface area contributed by atoms with Gasteiger partial charge >= 0.3 is 0 Å². The number of hydrogen-bond acceptors (Lipinski definition) is 4. The molecule has 1 aliphatic rings. The van der Waals surface area contributed by atoms with Crippen LogP contribution in [0.1, 0.15) is 27.2 Å². The molecule has 0 spiro atoms. The number of carbonyl (C=O) groups is 1. The first-order valence-electron chi connectivity index (χ1n) is 9.28. The van der Waals surface area contributed by atoms with Gasteiger partial charge in [0.05, 0.1) is 21.6 Å². The van der Waals surface area contributed by atoms with Gasteiger partial charge in [-0.1, -0.05) is 64.6 Å². The van der Waals surface area contributed by atoms with E-state index in [9.17, 15) is 13.2 Å². The molecule has 0 radical (unpaired) electrons. The molecule has 0 aliphatic carbocycles. The molecular weight excluding hydrogens is 485 g/mol. The number of nitrogens with zero attached hydrogens (tertiary/aromatic N) is 1. The molecule has 3 aromatic rings. The van der Waals surface area contributed by atoms with Crippen molar-refractivity contribution in [3.8, 4) is 0 Å². The average molecular weight is 503 g/mol. The molecular formula is C21H18Cl3NO3S2. The van der Waals surface area contributed by atoms with Crippen molar-refractivity contribution in [3.63, 3.8) is 0 Å². The molecule has 158 valence electrons. The van der Waals surface area contributed by atoms with E-state index >= 15 is 0 Å².